The highest BCUT2D eigenvalue weighted by Crippen LogP contribution is 2.28. The minimum atomic E-state index is -0.723. The number of rotatable bonds is 4. The molecule has 0 fully saturated rings. The molecule has 0 unspecified atom stereocenters. The number of amides is 1. The van der Waals surface area contributed by atoms with E-state index in [-0.39, 0.29) is 11.6 Å². The van der Waals surface area contributed by atoms with E-state index in [9.17, 15) is 14.9 Å². The first kappa shape index (κ1) is 14.0. The monoisotopic (exact) mass is 340 g/mol. The zero-order valence-corrected chi connectivity index (χ0v) is 11.8. The quantitative estimate of drug-likeness (QED) is 0.655. The number of nitrogens with one attached hydrogen (secondary N) is 2. The molecule has 0 aliphatic carbocycles. The van der Waals surface area contributed by atoms with Gasteiger partial charge >= 0.3 is 11.6 Å². The average Bonchev–Trinajstić information content (AvgIpc) is 2.85. The second-order valence-corrected chi connectivity index (χ2v) is 4.59. The van der Waals surface area contributed by atoms with E-state index in [2.05, 4.69) is 31.4 Å². The van der Waals surface area contributed by atoms with Crippen LogP contribution in [-0.4, -0.2) is 28.1 Å². The number of nitro groups is 1. The van der Waals surface area contributed by atoms with Crippen molar-refractivity contribution in [3.05, 3.63) is 44.5 Å². The second-order valence-electron chi connectivity index (χ2n) is 3.67. The molecule has 8 nitrogen and oxygen atoms in total. The van der Waals surface area contributed by atoms with Gasteiger partial charge in [0.25, 0.3) is 5.91 Å². The average molecular weight is 341 g/mol. The summed E-state index contributed by atoms with van der Waals surface area (Å²) in [4.78, 5) is 22.2. The molecule has 104 valence electrons. The Labute approximate surface area is 121 Å². The molecular formula is C11H9BrN4O4. The Morgan fingerprint density at radius 3 is 2.65 bits per heavy atom. The molecule has 0 atom stereocenters. The number of carbonyl (C=O) groups is 1. The number of anilines is 1. The lowest BCUT2D eigenvalue weighted by molar-refractivity contribution is -0.386. The molecule has 2 rings (SSSR count). The Morgan fingerprint density at radius 2 is 2.10 bits per heavy atom. The predicted octanol–water partition coefficient (Wildman–Crippen LogP) is 2.34. The molecule has 1 aromatic carbocycles. The highest BCUT2D eigenvalue weighted by atomic mass is 79.9. The van der Waals surface area contributed by atoms with Crippen LogP contribution in [0.2, 0.25) is 0 Å². The Hall–Kier alpha value is -2.42. The standard InChI is InChI=1S/C11H9BrN4O4/c1-20-11-9(16(18)19)8(14-15-11)10(17)13-7-4-2-6(12)3-5-7/h2-5H,1H3,(H,13,17)(H,14,15). The maximum Gasteiger partial charge on any atom is 0.362 e. The lowest BCUT2D eigenvalue weighted by Gasteiger charge is -2.03. The fraction of sp³-hybridized carbons (Fsp3) is 0.0909. The van der Waals surface area contributed by atoms with E-state index in [1.807, 2.05) is 0 Å². The molecule has 0 bridgehead atoms. The van der Waals surface area contributed by atoms with Gasteiger partial charge in [-0.3, -0.25) is 20.0 Å². The van der Waals surface area contributed by atoms with Gasteiger partial charge in [-0.1, -0.05) is 15.9 Å². The molecule has 1 amide bonds. The van der Waals surface area contributed by atoms with Crippen molar-refractivity contribution in [2.45, 2.75) is 0 Å². The van der Waals surface area contributed by atoms with Crippen molar-refractivity contribution in [3.8, 4) is 5.88 Å². The van der Waals surface area contributed by atoms with E-state index < -0.39 is 16.5 Å². The summed E-state index contributed by atoms with van der Waals surface area (Å²) in [6.07, 6.45) is 0. The lowest BCUT2D eigenvalue weighted by Crippen LogP contribution is -2.14. The van der Waals surface area contributed by atoms with Crippen LogP contribution in [0.5, 0.6) is 5.88 Å². The van der Waals surface area contributed by atoms with Crippen molar-refractivity contribution in [1.29, 1.82) is 0 Å². The van der Waals surface area contributed by atoms with E-state index in [4.69, 9.17) is 4.74 Å². The molecule has 0 spiro atoms. The van der Waals surface area contributed by atoms with Crippen LogP contribution < -0.4 is 10.1 Å². The molecule has 2 aromatic rings. The number of aromatic amines is 1. The zero-order chi connectivity index (χ0) is 14.7. The fourth-order valence-electron chi connectivity index (χ4n) is 1.52. The van der Waals surface area contributed by atoms with Gasteiger partial charge in [0.1, 0.15) is 0 Å². The third-order valence-corrected chi connectivity index (χ3v) is 2.94. The van der Waals surface area contributed by atoms with Crippen molar-refractivity contribution in [2.75, 3.05) is 12.4 Å². The van der Waals surface area contributed by atoms with Crippen molar-refractivity contribution in [3.63, 3.8) is 0 Å². The van der Waals surface area contributed by atoms with Crippen molar-refractivity contribution >= 4 is 33.2 Å². The highest BCUT2D eigenvalue weighted by Gasteiger charge is 2.30. The van der Waals surface area contributed by atoms with Crippen LogP contribution in [0.4, 0.5) is 11.4 Å². The predicted molar refractivity (Wildman–Crippen MR) is 73.9 cm³/mol. The third kappa shape index (κ3) is 2.77. The van der Waals surface area contributed by atoms with E-state index in [1.165, 1.54) is 7.11 Å². The Morgan fingerprint density at radius 1 is 1.45 bits per heavy atom. The topological polar surface area (TPSA) is 110 Å². The number of nitrogens with zero attached hydrogens (tertiary/aromatic N) is 2. The molecule has 0 saturated carbocycles. The summed E-state index contributed by atoms with van der Waals surface area (Å²) in [6.45, 7) is 0. The van der Waals surface area contributed by atoms with Crippen LogP contribution in [-0.2, 0) is 0 Å². The van der Waals surface area contributed by atoms with Crippen LogP contribution >= 0.6 is 15.9 Å². The number of H-pyrrole nitrogens is 1. The van der Waals surface area contributed by atoms with Gasteiger partial charge in [0, 0.05) is 10.2 Å². The number of carbonyl (C=O) groups excluding carboxylic acids is 1. The van der Waals surface area contributed by atoms with Gasteiger partial charge in [-0.15, -0.1) is 5.10 Å². The number of aromatic nitrogens is 2. The summed E-state index contributed by atoms with van der Waals surface area (Å²) in [5, 5.41) is 19.3. The molecule has 2 N–H and O–H groups in total. The summed E-state index contributed by atoms with van der Waals surface area (Å²) < 4.78 is 5.58. The van der Waals surface area contributed by atoms with Gasteiger partial charge in [0.15, 0.2) is 0 Å². The summed E-state index contributed by atoms with van der Waals surface area (Å²) in [5.74, 6) is -0.911. The van der Waals surface area contributed by atoms with Gasteiger partial charge in [-0.05, 0) is 24.3 Å². The van der Waals surface area contributed by atoms with E-state index in [0.717, 1.165) is 4.47 Å². The molecule has 0 saturated heterocycles. The number of hydrogen-bond donors (Lipinski definition) is 2. The molecule has 0 aliphatic heterocycles. The molecule has 0 radical (unpaired) electrons. The maximum absolute atomic E-state index is 12.0. The molecule has 20 heavy (non-hydrogen) atoms. The first-order valence-corrected chi connectivity index (χ1v) is 6.16. The van der Waals surface area contributed by atoms with Gasteiger partial charge in [0.2, 0.25) is 5.69 Å². The van der Waals surface area contributed by atoms with Crippen molar-refractivity contribution in [1.82, 2.24) is 10.2 Å². The molecule has 9 heteroatoms. The van der Waals surface area contributed by atoms with Gasteiger partial charge in [-0.2, -0.15) is 0 Å². The smallest absolute Gasteiger partial charge is 0.362 e. The summed E-state index contributed by atoms with van der Waals surface area (Å²) in [5.41, 5.74) is -0.266. The van der Waals surface area contributed by atoms with E-state index in [1.54, 1.807) is 24.3 Å². The van der Waals surface area contributed by atoms with Crippen LogP contribution in [0, 0.1) is 10.1 Å². The fourth-order valence-corrected chi connectivity index (χ4v) is 1.78. The van der Waals surface area contributed by atoms with Crippen LogP contribution in [0.15, 0.2) is 28.7 Å². The minimum Gasteiger partial charge on any atom is -0.475 e. The normalized spacial score (nSPS) is 10.1. The Kier molecular flexibility index (Phi) is 3.99. The van der Waals surface area contributed by atoms with Gasteiger partial charge < -0.3 is 10.1 Å². The van der Waals surface area contributed by atoms with Crippen molar-refractivity contribution < 1.29 is 14.5 Å². The Balaban J connectivity index is 2.27. The first-order valence-electron chi connectivity index (χ1n) is 5.36. The number of benzene rings is 1. The van der Waals surface area contributed by atoms with Crippen LogP contribution in [0.3, 0.4) is 0 Å². The molecule has 1 aromatic heterocycles. The minimum absolute atomic E-state index is 0.240. The van der Waals surface area contributed by atoms with E-state index in [0.29, 0.717) is 5.69 Å². The number of methoxy groups -OCH3 is 1. The molecule has 1 heterocycles. The first-order chi connectivity index (χ1) is 9.52. The SMILES string of the molecule is COc1n[nH]c(C(=O)Nc2ccc(Br)cc2)c1[N+](=O)[O-]. The zero-order valence-electron chi connectivity index (χ0n) is 10.2. The third-order valence-electron chi connectivity index (χ3n) is 2.41. The summed E-state index contributed by atoms with van der Waals surface area (Å²) in [7, 11) is 1.24. The number of halogens is 1. The van der Waals surface area contributed by atoms with Gasteiger partial charge in [-0.25, -0.2) is 0 Å². The second kappa shape index (κ2) is 5.70. The number of ether oxygens (including phenoxy) is 1. The summed E-state index contributed by atoms with van der Waals surface area (Å²) in [6, 6.07) is 6.78. The van der Waals surface area contributed by atoms with Crippen LogP contribution in [0.1, 0.15) is 10.5 Å². The highest BCUT2D eigenvalue weighted by molar-refractivity contribution is 9.10. The van der Waals surface area contributed by atoms with E-state index >= 15 is 0 Å². The summed E-state index contributed by atoms with van der Waals surface area (Å²) >= 11 is 3.27. The number of hydrogen-bond acceptors (Lipinski definition) is 5. The molecular weight excluding hydrogens is 332 g/mol. The Bertz CT molecular complexity index is 653. The lowest BCUT2D eigenvalue weighted by atomic mass is 10.3. The van der Waals surface area contributed by atoms with Gasteiger partial charge in [0.05, 0.1) is 12.0 Å². The largest absolute Gasteiger partial charge is 0.475 e. The van der Waals surface area contributed by atoms with Crippen molar-refractivity contribution in [2.24, 2.45) is 0 Å². The van der Waals surface area contributed by atoms with Crippen LogP contribution in [0.25, 0.3) is 0 Å². The molecule has 0 aliphatic rings. The maximum atomic E-state index is 12.0.